The van der Waals surface area contributed by atoms with Gasteiger partial charge in [-0.05, 0) is 69.1 Å². The molecule has 0 aromatic carbocycles. The molecule has 286 valence electrons. The van der Waals surface area contributed by atoms with E-state index in [-0.39, 0.29) is 36.7 Å². The zero-order chi connectivity index (χ0) is 36.2. The summed E-state index contributed by atoms with van der Waals surface area (Å²) in [6.07, 6.45) is 12.9. The average Bonchev–Trinajstić information content (AvgIpc) is 4.05. The van der Waals surface area contributed by atoms with Crippen LogP contribution in [0.25, 0.3) is 0 Å². The van der Waals surface area contributed by atoms with Crippen molar-refractivity contribution < 1.29 is 37.1 Å². The summed E-state index contributed by atoms with van der Waals surface area (Å²) >= 11 is 0. The minimum absolute atomic E-state index is 0.0200. The fourth-order valence-electron chi connectivity index (χ4n) is 8.69. The molecule has 14 nitrogen and oxygen atoms in total. The highest BCUT2D eigenvalue weighted by Crippen LogP contribution is 2.41. The van der Waals surface area contributed by atoms with Crippen molar-refractivity contribution >= 4 is 39.6 Å². The SMILES string of the molecule is CC1([C@H](NC(=O)NC2(CS(=O)(=O)N3CCOCC3)CCCCC2)C(=O)N2CCC[C@H]2C(=O)NC(CC2CC2)C(=O)C(=O)NC2CC2)CCCCC1. The van der Waals surface area contributed by atoms with Crippen LogP contribution in [-0.4, -0.2) is 115 Å². The molecule has 0 radical (unpaired) electrons. The molecule has 3 atom stereocenters. The van der Waals surface area contributed by atoms with Crippen molar-refractivity contribution in [3.8, 4) is 0 Å². The fraction of sp³-hybridized carbons (Fsp3) is 0.861. The molecule has 0 aromatic rings. The first-order valence-electron chi connectivity index (χ1n) is 19.5. The molecular weight excluding hydrogens is 676 g/mol. The maximum Gasteiger partial charge on any atom is 0.315 e. The van der Waals surface area contributed by atoms with Gasteiger partial charge in [-0.3, -0.25) is 19.2 Å². The van der Waals surface area contributed by atoms with Gasteiger partial charge in [0.05, 0.1) is 30.5 Å². The molecule has 15 heteroatoms. The van der Waals surface area contributed by atoms with Crippen molar-refractivity contribution in [2.24, 2.45) is 11.3 Å². The van der Waals surface area contributed by atoms with E-state index >= 15 is 0 Å². The normalized spacial score (nSPS) is 26.4. The number of nitrogens with zero attached hydrogens (tertiary/aromatic N) is 2. The van der Waals surface area contributed by atoms with E-state index in [1.54, 1.807) is 4.90 Å². The van der Waals surface area contributed by atoms with Gasteiger partial charge in [-0.2, -0.15) is 4.31 Å². The van der Waals surface area contributed by atoms with E-state index in [9.17, 15) is 32.4 Å². The van der Waals surface area contributed by atoms with E-state index in [2.05, 4.69) is 21.3 Å². The number of urea groups is 1. The van der Waals surface area contributed by atoms with Crippen molar-refractivity contribution in [3.63, 3.8) is 0 Å². The Bertz CT molecular complexity index is 1410. The lowest BCUT2D eigenvalue weighted by Gasteiger charge is -2.44. The first kappa shape index (κ1) is 38.0. The van der Waals surface area contributed by atoms with Gasteiger partial charge in [0.15, 0.2) is 0 Å². The van der Waals surface area contributed by atoms with Crippen LogP contribution in [0.5, 0.6) is 0 Å². The molecule has 5 amide bonds. The molecule has 0 aromatic heterocycles. The summed E-state index contributed by atoms with van der Waals surface area (Å²) < 4.78 is 33.9. The van der Waals surface area contributed by atoms with Gasteiger partial charge in [-0.25, -0.2) is 13.2 Å². The average molecular weight is 735 g/mol. The number of morpholine rings is 1. The van der Waals surface area contributed by atoms with Crippen molar-refractivity contribution in [1.82, 2.24) is 30.5 Å². The molecular formula is C36H58N6O8S. The molecule has 1 unspecified atom stereocenters. The number of nitrogens with one attached hydrogen (secondary N) is 4. The molecule has 2 saturated heterocycles. The maximum absolute atomic E-state index is 14.6. The molecule has 2 aliphatic heterocycles. The van der Waals surface area contributed by atoms with E-state index in [0.717, 1.165) is 77.0 Å². The topological polar surface area (TPSA) is 183 Å². The Hall–Kier alpha value is -2.78. The van der Waals surface area contributed by atoms with Gasteiger partial charge in [0.1, 0.15) is 12.1 Å². The highest BCUT2D eigenvalue weighted by molar-refractivity contribution is 7.89. The van der Waals surface area contributed by atoms with Crippen molar-refractivity contribution in [1.29, 1.82) is 0 Å². The summed E-state index contributed by atoms with van der Waals surface area (Å²) in [6, 6.07) is -3.27. The maximum atomic E-state index is 14.6. The molecule has 4 N–H and O–H groups in total. The van der Waals surface area contributed by atoms with E-state index in [4.69, 9.17) is 4.74 Å². The van der Waals surface area contributed by atoms with E-state index in [0.29, 0.717) is 51.9 Å². The largest absolute Gasteiger partial charge is 0.379 e. The van der Waals surface area contributed by atoms with Crippen LogP contribution in [0.2, 0.25) is 0 Å². The van der Waals surface area contributed by atoms with Crippen molar-refractivity contribution in [2.45, 2.75) is 146 Å². The second-order valence-electron chi connectivity index (χ2n) is 16.4. The highest BCUT2D eigenvalue weighted by atomic mass is 32.2. The third-order valence-corrected chi connectivity index (χ3v) is 14.2. The van der Waals surface area contributed by atoms with Gasteiger partial charge in [-0.1, -0.05) is 58.3 Å². The number of hydrogen-bond donors (Lipinski definition) is 4. The summed E-state index contributed by atoms with van der Waals surface area (Å²) in [5, 5.41) is 11.7. The van der Waals surface area contributed by atoms with Crippen LogP contribution in [0.3, 0.4) is 0 Å². The Morgan fingerprint density at radius 2 is 1.45 bits per heavy atom. The number of hydrogen-bond acceptors (Lipinski definition) is 8. The van der Waals surface area contributed by atoms with Crippen molar-refractivity contribution in [3.05, 3.63) is 0 Å². The second kappa shape index (κ2) is 16.1. The number of carbonyl (C=O) groups excluding carboxylic acids is 5. The zero-order valence-electron chi connectivity index (χ0n) is 30.2. The van der Waals surface area contributed by atoms with Gasteiger partial charge in [0.25, 0.3) is 5.91 Å². The van der Waals surface area contributed by atoms with Crippen LogP contribution < -0.4 is 21.3 Å². The molecule has 6 aliphatic rings. The predicted octanol–water partition coefficient (Wildman–Crippen LogP) is 2.11. The van der Waals surface area contributed by atoms with E-state index in [1.165, 1.54) is 4.31 Å². The summed E-state index contributed by atoms with van der Waals surface area (Å²) in [7, 11) is -3.68. The van der Waals surface area contributed by atoms with Gasteiger partial charge in [0, 0.05) is 25.7 Å². The number of carbonyl (C=O) groups is 5. The molecule has 4 aliphatic carbocycles. The molecule has 2 heterocycles. The van der Waals surface area contributed by atoms with Crippen LogP contribution in [-0.2, 0) is 33.9 Å². The quantitative estimate of drug-likeness (QED) is 0.196. The summed E-state index contributed by atoms with van der Waals surface area (Å²) in [5.74, 6) is -2.04. The highest BCUT2D eigenvalue weighted by Gasteiger charge is 2.48. The molecule has 4 saturated carbocycles. The number of ether oxygens (including phenoxy) is 1. The lowest BCUT2D eigenvalue weighted by atomic mass is 9.70. The number of sulfonamides is 1. The van der Waals surface area contributed by atoms with Crippen LogP contribution in [0.1, 0.15) is 116 Å². The molecule has 6 rings (SSSR count). The smallest absolute Gasteiger partial charge is 0.315 e. The van der Waals surface area contributed by atoms with Gasteiger partial charge >= 0.3 is 6.03 Å². The summed E-state index contributed by atoms with van der Waals surface area (Å²) in [6.45, 7) is 3.59. The monoisotopic (exact) mass is 734 g/mol. The molecule has 6 fully saturated rings. The number of Topliss-reactive ketones (excluding diaryl/α,β-unsaturated/α-hetero) is 1. The van der Waals surface area contributed by atoms with Gasteiger partial charge in [-0.15, -0.1) is 0 Å². The minimum atomic E-state index is -3.68. The predicted molar refractivity (Wildman–Crippen MR) is 189 cm³/mol. The lowest BCUT2D eigenvalue weighted by Crippen LogP contribution is -2.64. The Labute approximate surface area is 302 Å². The zero-order valence-corrected chi connectivity index (χ0v) is 31.0. The molecule has 0 spiro atoms. The Morgan fingerprint density at radius 3 is 2.08 bits per heavy atom. The van der Waals surface area contributed by atoms with E-state index < -0.39 is 62.7 Å². The Morgan fingerprint density at radius 1 is 0.804 bits per heavy atom. The van der Waals surface area contributed by atoms with E-state index in [1.807, 2.05) is 6.92 Å². The number of likely N-dealkylation sites (tertiary alicyclic amines) is 1. The molecule has 0 bridgehead atoms. The Kier molecular flexibility index (Phi) is 12.0. The third-order valence-electron chi connectivity index (χ3n) is 12.1. The van der Waals surface area contributed by atoms with Crippen LogP contribution in [0.15, 0.2) is 0 Å². The second-order valence-corrected chi connectivity index (χ2v) is 18.4. The number of ketones is 1. The first-order valence-corrected chi connectivity index (χ1v) is 21.1. The lowest BCUT2D eigenvalue weighted by molar-refractivity contribution is -0.144. The Balaban J connectivity index is 1.17. The van der Waals surface area contributed by atoms with Crippen molar-refractivity contribution in [2.75, 3.05) is 38.6 Å². The number of rotatable bonds is 14. The van der Waals surface area contributed by atoms with Crippen LogP contribution in [0.4, 0.5) is 4.79 Å². The molecule has 51 heavy (non-hydrogen) atoms. The minimum Gasteiger partial charge on any atom is -0.379 e. The van der Waals surface area contributed by atoms with Crippen LogP contribution in [0, 0.1) is 11.3 Å². The van der Waals surface area contributed by atoms with Crippen LogP contribution >= 0.6 is 0 Å². The fourth-order valence-corrected chi connectivity index (χ4v) is 10.6. The number of amides is 5. The summed E-state index contributed by atoms with van der Waals surface area (Å²) in [4.78, 5) is 69.9. The summed E-state index contributed by atoms with van der Waals surface area (Å²) in [5.41, 5.74) is -1.53. The standard InChI is InChI=1S/C36H58N6O8S/c1-35(14-4-2-5-15-35)30(39-34(47)40-36(16-6-3-7-17-36)24-51(48,49)41-19-21-50-22-20-41)33(46)42-18-8-9-28(42)31(44)38-27(23-25-10-11-25)29(43)32(45)37-26-12-13-26/h25-28,30H,2-24H2,1H3,(H,37,45)(H,38,44)(H2,39,40,47)/t27?,28-,30+/m0/s1. The van der Waals surface area contributed by atoms with Gasteiger partial charge < -0.3 is 30.9 Å². The first-order chi connectivity index (χ1) is 24.4. The van der Waals surface area contributed by atoms with Gasteiger partial charge in [0.2, 0.25) is 27.6 Å². The third kappa shape index (κ3) is 9.61.